The highest BCUT2D eigenvalue weighted by Gasteiger charge is 2.24. The quantitative estimate of drug-likeness (QED) is 0.470. The van der Waals surface area contributed by atoms with E-state index in [0.717, 1.165) is 19.3 Å². The van der Waals surface area contributed by atoms with Crippen molar-refractivity contribution >= 4 is 29.3 Å². The largest absolute Gasteiger partial charge is 0.350 e. The van der Waals surface area contributed by atoms with Crippen molar-refractivity contribution in [1.29, 1.82) is 0 Å². The number of nitrogens with zero attached hydrogens (tertiary/aromatic N) is 3. The summed E-state index contributed by atoms with van der Waals surface area (Å²) in [5.41, 5.74) is 3.03. The summed E-state index contributed by atoms with van der Waals surface area (Å²) in [6.45, 7) is 6.19. The van der Waals surface area contributed by atoms with E-state index >= 15 is 0 Å². The number of pyridine rings is 1. The number of benzene rings is 1. The molecule has 3 heterocycles. The summed E-state index contributed by atoms with van der Waals surface area (Å²) < 4.78 is 6.64. The van der Waals surface area contributed by atoms with E-state index in [1.807, 2.05) is 35.2 Å². The Morgan fingerprint density at radius 3 is 2.54 bits per heavy atom. The van der Waals surface area contributed by atoms with Crippen LogP contribution in [0, 0.1) is 5.92 Å². The number of likely N-dealkylation sites (tertiary alicyclic amines) is 1. The van der Waals surface area contributed by atoms with Gasteiger partial charge in [0.1, 0.15) is 11.3 Å². The maximum Gasteiger partial charge on any atom is 0.268 e. The van der Waals surface area contributed by atoms with Crippen molar-refractivity contribution < 1.29 is 13.9 Å². The van der Waals surface area contributed by atoms with Gasteiger partial charge in [0.15, 0.2) is 0 Å². The molecular formula is C27H33ClN4O3. The normalized spacial score (nSPS) is 15.5. The van der Waals surface area contributed by atoms with Crippen molar-refractivity contribution in [2.45, 2.75) is 51.6 Å². The highest BCUT2D eigenvalue weighted by molar-refractivity contribution is 6.07. The first-order chi connectivity index (χ1) is 16.9. The van der Waals surface area contributed by atoms with Crippen molar-refractivity contribution in [2.24, 2.45) is 5.92 Å². The number of carbonyl (C=O) groups is 2. The number of nitrogens with one attached hydrogen (secondary N) is 1. The Balaban J connectivity index is 1.43. The second-order valence-electron chi connectivity index (χ2n) is 9.66. The van der Waals surface area contributed by atoms with Crippen LogP contribution in [0.25, 0.3) is 5.65 Å². The summed E-state index contributed by atoms with van der Waals surface area (Å²) in [6, 6.07) is 15.8. The molecule has 0 bridgehead atoms. The molecule has 35 heavy (non-hydrogen) atoms. The fraction of sp³-hybridized carbons (Fsp3) is 0.444. The van der Waals surface area contributed by atoms with Crippen LogP contribution in [0.15, 0.2) is 54.7 Å². The maximum absolute atomic E-state index is 13.2. The van der Waals surface area contributed by atoms with Crippen LogP contribution in [0.1, 0.15) is 60.8 Å². The zero-order valence-corrected chi connectivity index (χ0v) is 21.1. The molecule has 1 atom stereocenters. The lowest BCUT2D eigenvalue weighted by Crippen LogP contribution is -2.41. The average molecular weight is 497 g/mol. The third-order valence-corrected chi connectivity index (χ3v) is 6.82. The van der Waals surface area contributed by atoms with Crippen molar-refractivity contribution in [2.75, 3.05) is 19.6 Å². The molecule has 7 nitrogen and oxygen atoms in total. The molecule has 8 heteroatoms. The van der Waals surface area contributed by atoms with Crippen LogP contribution in [-0.2, 0) is 15.5 Å². The van der Waals surface area contributed by atoms with Crippen molar-refractivity contribution in [3.8, 4) is 0 Å². The fourth-order valence-corrected chi connectivity index (χ4v) is 4.91. The monoisotopic (exact) mass is 496 g/mol. The molecule has 1 N–H and O–H groups in total. The van der Waals surface area contributed by atoms with E-state index in [4.69, 9.17) is 16.2 Å². The number of rotatable bonds is 9. The zero-order valence-electron chi connectivity index (χ0n) is 20.3. The van der Waals surface area contributed by atoms with Gasteiger partial charge < -0.3 is 10.2 Å². The third kappa shape index (κ3) is 6.41. The summed E-state index contributed by atoms with van der Waals surface area (Å²) in [5, 5.41) is 3.12. The summed E-state index contributed by atoms with van der Waals surface area (Å²) in [7, 11) is 0. The maximum atomic E-state index is 13.2. The molecule has 2 aromatic heterocycles. The van der Waals surface area contributed by atoms with Crippen LogP contribution in [-0.4, -0.2) is 51.8 Å². The first-order valence-corrected chi connectivity index (χ1v) is 12.6. The van der Waals surface area contributed by atoms with Crippen molar-refractivity contribution in [3.05, 3.63) is 71.7 Å². The lowest BCUT2D eigenvalue weighted by Gasteiger charge is -2.30. The summed E-state index contributed by atoms with van der Waals surface area (Å²) >= 11 is 5.47. The minimum absolute atomic E-state index is 0.000919. The number of hydrogen-bond donors (Lipinski definition) is 1. The van der Waals surface area contributed by atoms with Gasteiger partial charge in [0, 0.05) is 31.7 Å². The average Bonchev–Trinajstić information content (AvgIpc) is 3.29. The number of fused-ring (bicyclic) bond motifs is 1. The van der Waals surface area contributed by atoms with Gasteiger partial charge in [-0.05, 0) is 42.9 Å². The molecule has 1 aromatic carbocycles. The number of amides is 2. The Labute approximate surface area is 211 Å². The van der Waals surface area contributed by atoms with Crippen LogP contribution < -0.4 is 5.32 Å². The molecule has 0 radical (unpaired) electrons. The van der Waals surface area contributed by atoms with E-state index in [-0.39, 0.29) is 30.3 Å². The molecule has 0 aliphatic carbocycles. The summed E-state index contributed by atoms with van der Waals surface area (Å²) in [6.07, 6.45) is 4.43. The number of carbonyl (C=O) groups excluding carboxylic acids is 2. The second kappa shape index (κ2) is 11.7. The first kappa shape index (κ1) is 25.2. The molecule has 1 unspecified atom stereocenters. The molecule has 3 aromatic rings. The van der Waals surface area contributed by atoms with Gasteiger partial charge in [-0.1, -0.05) is 50.2 Å². The van der Waals surface area contributed by atoms with E-state index in [0.29, 0.717) is 42.6 Å². The molecule has 0 saturated carbocycles. The number of hydrogen-bond acceptors (Lipinski definition) is 4. The SMILES string of the molecule is CC(C)CC(CNC(=O)c1cccc2nc(CC(=O)N3CCC(OCl)CC3)cn12)c1ccccc1. The molecule has 186 valence electrons. The van der Waals surface area contributed by atoms with E-state index in [1.165, 1.54) is 5.56 Å². The van der Waals surface area contributed by atoms with Crippen LogP contribution in [0.2, 0.25) is 0 Å². The minimum Gasteiger partial charge on any atom is -0.350 e. The smallest absolute Gasteiger partial charge is 0.268 e. The minimum atomic E-state index is -0.154. The van der Waals surface area contributed by atoms with Crippen LogP contribution in [0.4, 0.5) is 0 Å². The molecule has 2 amide bonds. The number of imidazole rings is 1. The van der Waals surface area contributed by atoms with E-state index < -0.39 is 0 Å². The van der Waals surface area contributed by atoms with Gasteiger partial charge in [0.2, 0.25) is 5.91 Å². The molecule has 1 aliphatic rings. The predicted octanol–water partition coefficient (Wildman–Crippen LogP) is 4.60. The molecule has 4 rings (SSSR count). The van der Waals surface area contributed by atoms with Gasteiger partial charge in [-0.2, -0.15) is 0 Å². The van der Waals surface area contributed by atoms with E-state index in [2.05, 4.69) is 36.3 Å². The lowest BCUT2D eigenvalue weighted by atomic mass is 9.90. The van der Waals surface area contributed by atoms with Gasteiger partial charge in [0.25, 0.3) is 5.91 Å². The Bertz CT molecular complexity index is 1140. The topological polar surface area (TPSA) is 75.9 Å². The Hall–Kier alpha value is -2.90. The molecule has 1 fully saturated rings. The molecule has 0 spiro atoms. The zero-order chi connectivity index (χ0) is 24.8. The molecule has 1 saturated heterocycles. The lowest BCUT2D eigenvalue weighted by molar-refractivity contribution is -0.132. The molecular weight excluding hydrogens is 464 g/mol. The number of halogens is 1. The summed E-state index contributed by atoms with van der Waals surface area (Å²) in [5.74, 6) is 0.622. The van der Waals surface area contributed by atoms with Crippen LogP contribution >= 0.6 is 11.9 Å². The van der Waals surface area contributed by atoms with Crippen molar-refractivity contribution in [3.63, 3.8) is 0 Å². The van der Waals surface area contributed by atoms with Crippen LogP contribution in [0.5, 0.6) is 0 Å². The van der Waals surface area contributed by atoms with E-state index in [1.54, 1.807) is 16.7 Å². The van der Waals surface area contributed by atoms with E-state index in [9.17, 15) is 9.59 Å². The van der Waals surface area contributed by atoms with Gasteiger partial charge in [-0.3, -0.25) is 18.3 Å². The Morgan fingerprint density at radius 2 is 1.86 bits per heavy atom. The van der Waals surface area contributed by atoms with Crippen LogP contribution in [0.3, 0.4) is 0 Å². The second-order valence-corrected chi connectivity index (χ2v) is 9.84. The molecule has 1 aliphatic heterocycles. The standard InChI is InChI=1S/C27H33ClN4O3/c1-19(2)15-21(20-7-4-3-5-8-20)17-29-27(34)24-9-6-10-25-30-22(18-32(24)25)16-26(33)31-13-11-23(35-28)12-14-31/h3-10,18-19,21,23H,11-17H2,1-2H3,(H,29,34). The summed E-state index contributed by atoms with van der Waals surface area (Å²) in [4.78, 5) is 32.4. The van der Waals surface area contributed by atoms with Gasteiger partial charge in [-0.15, -0.1) is 0 Å². The third-order valence-electron chi connectivity index (χ3n) is 6.56. The van der Waals surface area contributed by atoms with Crippen molar-refractivity contribution in [1.82, 2.24) is 19.6 Å². The van der Waals surface area contributed by atoms with Gasteiger partial charge in [-0.25, -0.2) is 4.98 Å². The van der Waals surface area contributed by atoms with Gasteiger partial charge >= 0.3 is 0 Å². The Kier molecular flexibility index (Phi) is 8.42. The highest BCUT2D eigenvalue weighted by Crippen LogP contribution is 2.23. The highest BCUT2D eigenvalue weighted by atomic mass is 35.5. The van der Waals surface area contributed by atoms with Gasteiger partial charge in [0.05, 0.1) is 30.1 Å². The fourth-order valence-electron chi connectivity index (χ4n) is 4.73. The predicted molar refractivity (Wildman–Crippen MR) is 136 cm³/mol. The first-order valence-electron chi connectivity index (χ1n) is 12.3. The Morgan fingerprint density at radius 1 is 1.11 bits per heavy atom. The number of aromatic nitrogens is 2. The number of piperidine rings is 1.